The highest BCUT2D eigenvalue weighted by Gasteiger charge is 2.20. The van der Waals surface area contributed by atoms with E-state index in [1.165, 1.54) is 84.8 Å². The van der Waals surface area contributed by atoms with E-state index in [9.17, 15) is 14.0 Å². The van der Waals surface area contributed by atoms with Gasteiger partial charge >= 0.3 is 11.9 Å². The van der Waals surface area contributed by atoms with Gasteiger partial charge in [0, 0.05) is 24.2 Å². The van der Waals surface area contributed by atoms with Crippen molar-refractivity contribution in [1.29, 1.82) is 0 Å². The first-order valence-corrected chi connectivity index (χ1v) is 20.3. The minimum Gasteiger partial charge on any atom is -0.465 e. The van der Waals surface area contributed by atoms with Crippen molar-refractivity contribution in [2.75, 3.05) is 39.4 Å². The smallest absolute Gasteiger partial charge is 0.337 e. The van der Waals surface area contributed by atoms with E-state index in [1.54, 1.807) is 30.3 Å². The van der Waals surface area contributed by atoms with Gasteiger partial charge in [0.25, 0.3) is 0 Å². The van der Waals surface area contributed by atoms with Gasteiger partial charge in [0.1, 0.15) is 16.0 Å². The molecule has 3 heterocycles. The summed E-state index contributed by atoms with van der Waals surface area (Å²) >= 11 is 3.45. The van der Waals surface area contributed by atoms with Crippen LogP contribution in [0.3, 0.4) is 0 Å². The summed E-state index contributed by atoms with van der Waals surface area (Å²) in [6.45, 7) is 2.00. The molecular formula is C47H55BrFN5O4. The number of hydrogen-bond donors (Lipinski definition) is 0. The lowest BCUT2D eigenvalue weighted by Gasteiger charge is -2.24. The third kappa shape index (κ3) is 12.4. The average Bonchev–Trinajstić information content (AvgIpc) is 3.75. The zero-order valence-electron chi connectivity index (χ0n) is 33.8. The summed E-state index contributed by atoms with van der Waals surface area (Å²) in [6.07, 6.45) is 15.4. The van der Waals surface area contributed by atoms with Crippen LogP contribution in [0.4, 0.5) is 10.2 Å². The summed E-state index contributed by atoms with van der Waals surface area (Å²) in [6, 6.07) is 30.4. The Morgan fingerprint density at radius 1 is 0.586 bits per heavy atom. The highest BCUT2D eigenvalue weighted by molar-refractivity contribution is 9.10. The first-order valence-electron chi connectivity index (χ1n) is 20.2. The maximum Gasteiger partial charge on any atom is 0.337 e. The van der Waals surface area contributed by atoms with Gasteiger partial charge in [0.05, 0.1) is 55.9 Å². The van der Waals surface area contributed by atoms with Crippen LogP contribution in [0.15, 0.2) is 102 Å². The van der Waals surface area contributed by atoms with E-state index in [2.05, 4.69) is 42.9 Å². The quantitative estimate of drug-likeness (QED) is 0.124. The van der Waals surface area contributed by atoms with Crippen LogP contribution in [-0.2, 0) is 9.47 Å². The van der Waals surface area contributed by atoms with Crippen LogP contribution in [0.25, 0.3) is 44.6 Å². The van der Waals surface area contributed by atoms with E-state index in [0.29, 0.717) is 32.3 Å². The molecule has 1 aliphatic heterocycles. The first-order chi connectivity index (χ1) is 28.4. The molecule has 0 unspecified atom stereocenters. The molecule has 0 spiro atoms. The van der Waals surface area contributed by atoms with Crippen LogP contribution in [0, 0.1) is 0 Å². The zero-order valence-corrected chi connectivity index (χ0v) is 34.3. The van der Waals surface area contributed by atoms with E-state index in [4.69, 9.17) is 20.8 Å². The predicted molar refractivity (Wildman–Crippen MR) is 237 cm³/mol. The van der Waals surface area contributed by atoms with Crippen molar-refractivity contribution in [2.45, 2.75) is 78.1 Å². The Morgan fingerprint density at radius 3 is 1.43 bits per heavy atom. The van der Waals surface area contributed by atoms with Crippen LogP contribution < -0.4 is 4.90 Å². The van der Waals surface area contributed by atoms with Gasteiger partial charge in [-0.1, -0.05) is 126 Å². The van der Waals surface area contributed by atoms with Gasteiger partial charge in [-0.15, -0.1) is 0 Å². The predicted octanol–water partition coefficient (Wildman–Crippen LogP) is 12.3. The highest BCUT2D eigenvalue weighted by Crippen LogP contribution is 2.32. The van der Waals surface area contributed by atoms with Crippen LogP contribution >= 0.6 is 15.9 Å². The standard InChI is InChI=1S/C22H23N3O2.C16H11BrN2O2.C7H14.CH3F.CH4/c1-27-22(26)17-11-12-18-19(15-17)23-20(16-9-5-4-6-10-16)21(24-18)25-13-7-2-3-8-14-25;1-21-16(20)11-7-8-12-13(9-11)18-14(15(17)19-12)10-5-3-2-4-6-10;1-2-4-6-7-5-3-1;1-2;/h4-6,9-12,15H,2-3,7-8,13-14H2,1H3;2-9H,1H3;1-7H2;1H3;1H4/i;;;1D;. The van der Waals surface area contributed by atoms with Gasteiger partial charge < -0.3 is 14.4 Å². The van der Waals surface area contributed by atoms with Crippen LogP contribution in [0.1, 0.15) is 100 Å². The van der Waals surface area contributed by atoms with Crippen molar-refractivity contribution in [3.8, 4) is 22.5 Å². The number of hydrogen-bond acceptors (Lipinski definition) is 9. The normalized spacial score (nSPS) is 13.9. The van der Waals surface area contributed by atoms with E-state index in [1.807, 2.05) is 54.6 Å². The minimum absolute atomic E-state index is 0. The molecule has 1 aliphatic carbocycles. The monoisotopic (exact) mass is 852 g/mol. The number of methoxy groups -OCH3 is 2. The summed E-state index contributed by atoms with van der Waals surface area (Å²) in [4.78, 5) is 44.8. The minimum atomic E-state index is -1.00. The third-order valence-corrected chi connectivity index (χ3v) is 10.4. The number of ether oxygens (including phenoxy) is 2. The fourth-order valence-corrected chi connectivity index (χ4v) is 7.39. The molecule has 6 aromatic rings. The molecule has 8 rings (SSSR count). The second-order valence-corrected chi connectivity index (χ2v) is 14.5. The Balaban J connectivity index is 0.000000212. The fraction of sp³-hybridized carbons (Fsp3) is 0.362. The number of rotatable bonds is 5. The van der Waals surface area contributed by atoms with Crippen molar-refractivity contribution in [3.63, 3.8) is 0 Å². The second-order valence-electron chi connectivity index (χ2n) is 13.8. The number of alkyl halides is 1. The summed E-state index contributed by atoms with van der Waals surface area (Å²) in [7, 11) is 1.74. The highest BCUT2D eigenvalue weighted by atomic mass is 79.9. The number of carbonyl (C=O) groups excluding carboxylic acids is 2. The van der Waals surface area contributed by atoms with Crippen molar-refractivity contribution >= 4 is 55.8 Å². The Labute approximate surface area is 352 Å². The number of esters is 2. The zero-order chi connectivity index (χ0) is 41.1. The number of aromatic nitrogens is 4. The number of carbonyl (C=O) groups is 2. The second kappa shape index (κ2) is 23.8. The molecule has 0 N–H and O–H groups in total. The van der Waals surface area contributed by atoms with Crippen LogP contribution in [-0.4, -0.2) is 66.3 Å². The van der Waals surface area contributed by atoms with E-state index < -0.39 is 7.15 Å². The van der Waals surface area contributed by atoms with Crippen LogP contribution in [0.2, 0.25) is 0 Å². The molecule has 0 radical (unpaired) electrons. The Bertz CT molecular complexity index is 2200. The Hall–Kier alpha value is -5.29. The van der Waals surface area contributed by atoms with Gasteiger partial charge in [-0.2, -0.15) is 0 Å². The molecule has 11 heteroatoms. The molecule has 2 aliphatic rings. The van der Waals surface area contributed by atoms with Gasteiger partial charge in [0.2, 0.25) is 0 Å². The van der Waals surface area contributed by atoms with Crippen molar-refractivity contribution in [1.82, 2.24) is 19.9 Å². The largest absolute Gasteiger partial charge is 0.465 e. The number of benzene rings is 4. The molecular weight excluding hydrogens is 797 g/mol. The summed E-state index contributed by atoms with van der Waals surface area (Å²) in [5.74, 6) is 0.181. The molecule has 1 saturated heterocycles. The topological polar surface area (TPSA) is 107 Å². The third-order valence-electron chi connectivity index (χ3n) is 9.86. The number of fused-ring (bicyclic) bond motifs is 2. The van der Waals surface area contributed by atoms with Gasteiger partial charge in [0.15, 0.2) is 5.82 Å². The average molecular weight is 854 g/mol. The van der Waals surface area contributed by atoms with Gasteiger partial charge in [-0.3, -0.25) is 4.39 Å². The maximum atomic E-state index is 11.9. The molecule has 0 atom stereocenters. The Kier molecular flexibility index (Phi) is 18.0. The molecule has 306 valence electrons. The summed E-state index contributed by atoms with van der Waals surface area (Å²) in [5, 5.41) is 0. The van der Waals surface area contributed by atoms with Gasteiger partial charge in [-0.25, -0.2) is 29.5 Å². The molecule has 9 nitrogen and oxygen atoms in total. The lowest BCUT2D eigenvalue weighted by atomic mass is 10.1. The van der Waals surface area contributed by atoms with E-state index in [0.717, 1.165) is 46.9 Å². The van der Waals surface area contributed by atoms with Gasteiger partial charge in [-0.05, 0) is 65.2 Å². The van der Waals surface area contributed by atoms with E-state index >= 15 is 0 Å². The maximum absolute atomic E-state index is 11.9. The fourth-order valence-electron chi connectivity index (χ4n) is 6.88. The molecule has 4 aromatic carbocycles. The molecule has 0 bridgehead atoms. The van der Waals surface area contributed by atoms with Crippen molar-refractivity contribution < 1.29 is 24.8 Å². The van der Waals surface area contributed by atoms with E-state index in [-0.39, 0.29) is 19.4 Å². The van der Waals surface area contributed by atoms with Crippen LogP contribution in [0.5, 0.6) is 0 Å². The SMILES string of the molecule is C.C1CCCCCC1.COC(=O)c1ccc2nc(Br)c(-c3ccccc3)nc2c1.COC(=O)c1ccc2nc(N3CCCCCC3)c(-c3ccccc3)nc2c1.[2H]CF. The first kappa shape index (κ1) is 43.8. The molecule has 2 fully saturated rings. The van der Waals surface area contributed by atoms with Crippen molar-refractivity contribution in [3.05, 3.63) is 113 Å². The summed E-state index contributed by atoms with van der Waals surface area (Å²) < 4.78 is 25.7. The number of anilines is 1. The molecule has 2 aromatic heterocycles. The summed E-state index contributed by atoms with van der Waals surface area (Å²) in [5.41, 5.74) is 7.42. The Morgan fingerprint density at radius 2 is 0.983 bits per heavy atom. The number of halogens is 2. The van der Waals surface area contributed by atoms with Crippen molar-refractivity contribution in [2.24, 2.45) is 0 Å². The molecule has 1 saturated carbocycles. The number of nitrogens with zero attached hydrogens (tertiary/aromatic N) is 5. The lowest BCUT2D eigenvalue weighted by molar-refractivity contribution is 0.0592. The lowest BCUT2D eigenvalue weighted by Crippen LogP contribution is -2.26. The molecule has 0 amide bonds. The molecule has 58 heavy (non-hydrogen) atoms.